The van der Waals surface area contributed by atoms with Gasteiger partial charge in [0.25, 0.3) is 0 Å². The van der Waals surface area contributed by atoms with Gasteiger partial charge in [-0.1, -0.05) is 84.2 Å². The molecule has 0 N–H and O–H groups in total. The Labute approximate surface area is 336 Å². The molecule has 9 aromatic rings. The normalized spacial score (nSPS) is 11.3. The van der Waals surface area contributed by atoms with Gasteiger partial charge < -0.3 is 4.98 Å². The molecule has 0 unspecified atom stereocenters. The molecule has 0 atom stereocenters. The molecule has 54 heavy (non-hydrogen) atoms. The van der Waals surface area contributed by atoms with Crippen LogP contribution in [0.15, 0.2) is 152 Å². The summed E-state index contributed by atoms with van der Waals surface area (Å²) in [5.74, 6) is 6.91. The van der Waals surface area contributed by atoms with Crippen LogP contribution in [0.1, 0.15) is 5.56 Å². The first-order chi connectivity index (χ1) is 25.7. The van der Waals surface area contributed by atoms with Crippen molar-refractivity contribution < 1.29 is 24.5 Å². The van der Waals surface area contributed by atoms with Crippen molar-refractivity contribution in [3.63, 3.8) is 0 Å². The van der Waals surface area contributed by atoms with Crippen LogP contribution in [-0.2, 0) is 20.1 Å². The topological polar surface area (TPSA) is 25.8 Å². The molecule has 0 saturated heterocycles. The van der Waals surface area contributed by atoms with E-state index in [0.717, 1.165) is 50.0 Å². The van der Waals surface area contributed by atoms with Crippen molar-refractivity contribution >= 4 is 59.9 Å². The predicted octanol–water partition coefficient (Wildman–Crippen LogP) is 12.9. The summed E-state index contributed by atoms with van der Waals surface area (Å²) in [5.41, 5.74) is 9.40. The van der Waals surface area contributed by atoms with Crippen molar-refractivity contribution in [2.45, 2.75) is 24.2 Å². The van der Waals surface area contributed by atoms with E-state index < -0.39 is 13.3 Å². The van der Waals surface area contributed by atoms with Gasteiger partial charge in [0.2, 0.25) is 0 Å². The van der Waals surface area contributed by atoms with E-state index in [9.17, 15) is 4.39 Å². The van der Waals surface area contributed by atoms with Crippen molar-refractivity contribution in [1.82, 2.24) is 9.97 Å². The summed E-state index contributed by atoms with van der Waals surface area (Å²) in [4.78, 5) is 9.33. The van der Waals surface area contributed by atoms with Gasteiger partial charge in [-0.2, -0.15) is 11.3 Å². The van der Waals surface area contributed by atoms with Crippen molar-refractivity contribution in [2.24, 2.45) is 0 Å². The van der Waals surface area contributed by atoms with Gasteiger partial charge >= 0.3 is 99.8 Å². The minimum absolute atomic E-state index is 0. The maximum absolute atomic E-state index is 14.1. The molecule has 0 aliphatic carbocycles. The number of halogens is 1. The molecule has 0 fully saturated rings. The van der Waals surface area contributed by atoms with Crippen LogP contribution in [0, 0.1) is 24.9 Å². The van der Waals surface area contributed by atoms with Gasteiger partial charge in [-0.05, 0) is 67.9 Å². The number of rotatable bonds is 5. The first-order valence-corrected chi connectivity index (χ1v) is 25.9. The summed E-state index contributed by atoms with van der Waals surface area (Å²) in [6.07, 6.45) is 4.00. The molecule has 2 nitrogen and oxygen atoms in total. The molecule has 6 heteroatoms. The Kier molecular flexibility index (Phi) is 11.1. The molecule has 0 bridgehead atoms. The van der Waals surface area contributed by atoms with Gasteiger partial charge in [-0.3, -0.25) is 0 Å². The van der Waals surface area contributed by atoms with E-state index in [1.54, 1.807) is 23.5 Å². The third-order valence-corrected chi connectivity index (χ3v) is 15.1. The summed E-state index contributed by atoms with van der Waals surface area (Å²) < 4.78 is 18.0. The van der Waals surface area contributed by atoms with Gasteiger partial charge in [0, 0.05) is 36.6 Å². The Bertz CT molecular complexity index is 2720. The zero-order valence-electron chi connectivity index (χ0n) is 30.4. The Morgan fingerprint density at radius 1 is 0.593 bits per heavy atom. The minimum Gasteiger partial charge on any atom is 0 e. The number of hydrogen-bond acceptors (Lipinski definition) is 3. The molecule has 3 heterocycles. The summed E-state index contributed by atoms with van der Waals surface area (Å²) in [6.45, 7) is 2.13. The number of nitrogens with zero attached hydrogens (tertiary/aromatic N) is 2. The van der Waals surface area contributed by atoms with Crippen molar-refractivity contribution in [3.8, 4) is 44.8 Å². The fourth-order valence-electron chi connectivity index (χ4n) is 6.75. The van der Waals surface area contributed by atoms with Gasteiger partial charge in [0.15, 0.2) is 0 Å². The second-order valence-electron chi connectivity index (χ2n) is 14.3. The minimum atomic E-state index is -1.72. The second kappa shape index (κ2) is 15.9. The van der Waals surface area contributed by atoms with Gasteiger partial charge in [0.05, 0.1) is 0 Å². The zero-order chi connectivity index (χ0) is 36.5. The molecule has 0 aliphatic rings. The van der Waals surface area contributed by atoms with E-state index in [2.05, 4.69) is 120 Å². The average molecular weight is 958 g/mol. The molecule has 0 spiro atoms. The van der Waals surface area contributed by atoms with Crippen molar-refractivity contribution in [1.29, 1.82) is 0 Å². The summed E-state index contributed by atoms with van der Waals surface area (Å²) in [5, 5.41) is 4.64. The fraction of sp³-hybridized carbons (Fsp3) is 0.0833. The number of benzene rings is 6. The average Bonchev–Trinajstić information content (AvgIpc) is 3.56. The Morgan fingerprint density at radius 3 is 2.04 bits per heavy atom. The molecule has 9 rings (SSSR count). The van der Waals surface area contributed by atoms with Crippen molar-refractivity contribution in [3.05, 3.63) is 175 Å². The number of thiophene rings is 1. The third kappa shape index (κ3) is 7.73. The second-order valence-corrected chi connectivity index (χ2v) is 26.0. The molecular formula is C48H37FGeIrN2S-2. The molecule has 0 amide bonds. The molecule has 267 valence electrons. The predicted molar refractivity (Wildman–Crippen MR) is 226 cm³/mol. The maximum atomic E-state index is 14.1. The molecule has 0 saturated carbocycles. The number of aryl methyl sites for hydroxylation is 1. The molecule has 0 aliphatic heterocycles. The van der Waals surface area contributed by atoms with Crippen LogP contribution in [0.25, 0.3) is 75.7 Å². The van der Waals surface area contributed by atoms with E-state index in [4.69, 9.17) is 4.98 Å². The van der Waals surface area contributed by atoms with Crippen LogP contribution in [0.5, 0.6) is 0 Å². The van der Waals surface area contributed by atoms with E-state index in [1.807, 2.05) is 54.9 Å². The summed E-state index contributed by atoms with van der Waals surface area (Å²) >= 11 is 0.0735. The SMILES string of the molecule is Cc1cc(-c2[c-]cc3c(c2)sc2c4ccccc4c(-c4cccc(F)c4)cc32)ncc1-c1ccccc1.[CH3][Ge]([CH3])([CH3])[c]1ccc(-c2[c-]cccc2)nc1.[Ir]. The van der Waals surface area contributed by atoms with E-state index in [1.165, 1.54) is 41.8 Å². The van der Waals surface area contributed by atoms with Gasteiger partial charge in [-0.25, -0.2) is 4.39 Å². The number of hydrogen-bond donors (Lipinski definition) is 0. The van der Waals surface area contributed by atoms with Crippen LogP contribution in [0.3, 0.4) is 0 Å². The standard InChI is InChI=1S/C34H21FNS.C14H16GeN.Ir/c1-21-16-32(36-20-31(21)22-8-3-2-4-9-22)24-14-15-27-30-19-29(23-10-7-11-25(35)17-23)26-12-5-6-13-28(26)34(30)37-33(27)18-24;1-15(2,3)13-9-10-14(16-11-13)12-7-5-4-6-8-12;/h2-13,15-20H,1H3;4-7,9-11H,1-3H3;/q2*-1;. The Morgan fingerprint density at radius 2 is 1.33 bits per heavy atom. The summed E-state index contributed by atoms with van der Waals surface area (Å²) in [6, 6.07) is 53.2. The Hall–Kier alpha value is -4.78. The smallest absolute Gasteiger partial charge is 0 e. The van der Waals surface area contributed by atoms with E-state index in [0.29, 0.717) is 0 Å². The number of fused-ring (bicyclic) bond motifs is 5. The van der Waals surface area contributed by atoms with Crippen molar-refractivity contribution in [2.75, 3.05) is 0 Å². The van der Waals surface area contributed by atoms with Crippen LogP contribution < -0.4 is 4.40 Å². The summed E-state index contributed by atoms with van der Waals surface area (Å²) in [7, 11) is 0. The number of aromatic nitrogens is 2. The van der Waals surface area contributed by atoms with Crippen LogP contribution in [0.2, 0.25) is 17.3 Å². The molecule has 3 aromatic heterocycles. The van der Waals surface area contributed by atoms with Crippen LogP contribution in [0.4, 0.5) is 4.39 Å². The van der Waals surface area contributed by atoms with E-state index in [-0.39, 0.29) is 25.9 Å². The first-order valence-electron chi connectivity index (χ1n) is 17.7. The molecular weight excluding hydrogens is 920 g/mol. The van der Waals surface area contributed by atoms with E-state index >= 15 is 0 Å². The maximum Gasteiger partial charge on any atom is 0 e. The number of pyridine rings is 2. The molecule has 6 aromatic carbocycles. The van der Waals surface area contributed by atoms with Crippen LogP contribution >= 0.6 is 11.3 Å². The van der Waals surface area contributed by atoms with Crippen LogP contribution in [-0.4, -0.2) is 23.2 Å². The first kappa shape index (κ1) is 37.5. The largest absolute Gasteiger partial charge is 0 e. The Balaban J connectivity index is 0.000000223. The quantitative estimate of drug-likeness (QED) is 0.127. The molecule has 1 radical (unpaired) electrons. The monoisotopic (exact) mass is 959 g/mol. The fourth-order valence-corrected chi connectivity index (χ4v) is 10.2. The van der Waals surface area contributed by atoms with Gasteiger partial charge in [-0.15, -0.1) is 23.8 Å². The zero-order valence-corrected chi connectivity index (χ0v) is 35.8. The third-order valence-electron chi connectivity index (χ3n) is 9.63. The van der Waals surface area contributed by atoms with Gasteiger partial charge in [0.1, 0.15) is 5.82 Å².